The summed E-state index contributed by atoms with van der Waals surface area (Å²) in [5.74, 6) is 0.402. The van der Waals surface area contributed by atoms with E-state index in [2.05, 4.69) is 20.4 Å². The Kier molecular flexibility index (Phi) is 14.1. The highest BCUT2D eigenvalue weighted by Crippen LogP contribution is 2.04. The van der Waals surface area contributed by atoms with E-state index in [4.69, 9.17) is 0 Å². The first kappa shape index (κ1) is 23.6. The number of guanidine groups is 1. The van der Waals surface area contributed by atoms with Crippen molar-refractivity contribution in [2.75, 3.05) is 27.2 Å². The number of methoxy groups -OCH3 is 1. The molecule has 0 spiro atoms. The Morgan fingerprint density at radius 3 is 2.56 bits per heavy atom. The smallest absolute Gasteiger partial charge is 0.305 e. The third-order valence-corrected chi connectivity index (χ3v) is 3.65. The Bertz CT molecular complexity index is 527. The Labute approximate surface area is 166 Å². The highest BCUT2D eigenvalue weighted by Gasteiger charge is 2.01. The van der Waals surface area contributed by atoms with Gasteiger partial charge in [0.25, 0.3) is 0 Å². The lowest BCUT2D eigenvalue weighted by atomic mass is 10.1. The summed E-state index contributed by atoms with van der Waals surface area (Å²) in [6.45, 7) is 1.53. The number of carbonyl (C=O) groups is 1. The number of carbonyl (C=O) groups excluding carboxylic acids is 1. The molecule has 2 N–H and O–H groups in total. The highest BCUT2D eigenvalue weighted by molar-refractivity contribution is 14.0. The number of aliphatic imine (C=N–C) groups is 1. The Hall–Kier alpha value is -1.38. The van der Waals surface area contributed by atoms with Crippen molar-refractivity contribution in [3.63, 3.8) is 0 Å². The van der Waals surface area contributed by atoms with Crippen molar-refractivity contribution in [3.8, 4) is 0 Å². The SMILES string of the molecule is CN=C(NCCCCCCC(=O)OC)NCCc1cccc(F)c1.I. The minimum absolute atomic E-state index is 0. The number of ether oxygens (including phenoxy) is 1. The minimum Gasteiger partial charge on any atom is -0.469 e. The predicted molar refractivity (Wildman–Crippen MR) is 110 cm³/mol. The second-order valence-corrected chi connectivity index (χ2v) is 5.55. The molecular weight excluding hydrogens is 436 g/mol. The lowest BCUT2D eigenvalue weighted by Gasteiger charge is -2.11. The average Bonchev–Trinajstić information content (AvgIpc) is 2.59. The van der Waals surface area contributed by atoms with Gasteiger partial charge >= 0.3 is 5.97 Å². The third-order valence-electron chi connectivity index (χ3n) is 3.65. The first-order valence-corrected chi connectivity index (χ1v) is 8.41. The van der Waals surface area contributed by atoms with Crippen LogP contribution in [-0.4, -0.2) is 39.2 Å². The fourth-order valence-corrected chi connectivity index (χ4v) is 2.30. The molecule has 0 unspecified atom stereocenters. The summed E-state index contributed by atoms with van der Waals surface area (Å²) < 4.78 is 17.7. The summed E-state index contributed by atoms with van der Waals surface area (Å²) in [4.78, 5) is 15.1. The van der Waals surface area contributed by atoms with Crippen molar-refractivity contribution in [1.29, 1.82) is 0 Å². The average molecular weight is 465 g/mol. The summed E-state index contributed by atoms with van der Waals surface area (Å²) in [5.41, 5.74) is 0.962. The van der Waals surface area contributed by atoms with Crippen molar-refractivity contribution in [2.45, 2.75) is 38.5 Å². The van der Waals surface area contributed by atoms with E-state index in [1.807, 2.05) is 6.07 Å². The first-order valence-electron chi connectivity index (χ1n) is 8.41. The lowest BCUT2D eigenvalue weighted by Crippen LogP contribution is -2.38. The van der Waals surface area contributed by atoms with Crippen LogP contribution in [0.5, 0.6) is 0 Å². The molecule has 25 heavy (non-hydrogen) atoms. The molecule has 142 valence electrons. The van der Waals surface area contributed by atoms with Crippen LogP contribution in [0, 0.1) is 5.82 Å². The number of nitrogens with one attached hydrogen (secondary N) is 2. The third kappa shape index (κ3) is 11.7. The topological polar surface area (TPSA) is 62.7 Å². The molecule has 0 heterocycles. The van der Waals surface area contributed by atoms with Crippen LogP contribution in [0.25, 0.3) is 0 Å². The van der Waals surface area contributed by atoms with Crippen molar-refractivity contribution in [1.82, 2.24) is 10.6 Å². The Morgan fingerprint density at radius 1 is 1.16 bits per heavy atom. The molecule has 7 heteroatoms. The molecule has 0 fully saturated rings. The van der Waals surface area contributed by atoms with Crippen LogP contribution in [-0.2, 0) is 16.0 Å². The van der Waals surface area contributed by atoms with Crippen LogP contribution in [0.1, 0.15) is 37.7 Å². The van der Waals surface area contributed by atoms with Gasteiger partial charge in [-0.05, 0) is 37.0 Å². The molecule has 0 radical (unpaired) electrons. The van der Waals surface area contributed by atoms with Gasteiger partial charge < -0.3 is 15.4 Å². The molecule has 0 bridgehead atoms. The van der Waals surface area contributed by atoms with E-state index in [0.29, 0.717) is 13.0 Å². The van der Waals surface area contributed by atoms with E-state index in [9.17, 15) is 9.18 Å². The van der Waals surface area contributed by atoms with E-state index >= 15 is 0 Å². The van der Waals surface area contributed by atoms with Crippen LogP contribution in [0.3, 0.4) is 0 Å². The first-order chi connectivity index (χ1) is 11.7. The van der Waals surface area contributed by atoms with E-state index in [1.54, 1.807) is 19.2 Å². The number of halogens is 2. The summed E-state index contributed by atoms with van der Waals surface area (Å²) in [5, 5.41) is 6.47. The van der Waals surface area contributed by atoms with Crippen LogP contribution >= 0.6 is 24.0 Å². The van der Waals surface area contributed by atoms with Gasteiger partial charge in [0.15, 0.2) is 5.96 Å². The molecule has 1 aromatic rings. The molecule has 0 aliphatic rings. The van der Waals surface area contributed by atoms with Crippen LogP contribution in [0.15, 0.2) is 29.3 Å². The number of esters is 1. The molecule has 1 rings (SSSR count). The molecule has 1 aromatic carbocycles. The van der Waals surface area contributed by atoms with Gasteiger partial charge in [0.05, 0.1) is 7.11 Å². The van der Waals surface area contributed by atoms with Gasteiger partial charge in [0.1, 0.15) is 5.82 Å². The minimum atomic E-state index is -0.206. The van der Waals surface area contributed by atoms with Gasteiger partial charge in [0, 0.05) is 26.6 Å². The molecule has 0 atom stereocenters. The molecular formula is C18H29FIN3O2. The van der Waals surface area contributed by atoms with Gasteiger partial charge in [-0.3, -0.25) is 9.79 Å². The van der Waals surface area contributed by atoms with Crippen molar-refractivity contribution >= 4 is 35.9 Å². The zero-order valence-electron chi connectivity index (χ0n) is 15.0. The molecule has 0 saturated carbocycles. The molecule has 0 saturated heterocycles. The maximum atomic E-state index is 13.1. The van der Waals surface area contributed by atoms with Crippen molar-refractivity contribution in [3.05, 3.63) is 35.6 Å². The van der Waals surface area contributed by atoms with Crippen molar-refractivity contribution in [2.24, 2.45) is 4.99 Å². The lowest BCUT2D eigenvalue weighted by molar-refractivity contribution is -0.140. The van der Waals surface area contributed by atoms with Gasteiger partial charge in [-0.15, -0.1) is 24.0 Å². The van der Waals surface area contributed by atoms with Gasteiger partial charge in [0.2, 0.25) is 0 Å². The zero-order valence-corrected chi connectivity index (χ0v) is 17.3. The zero-order chi connectivity index (χ0) is 17.6. The maximum absolute atomic E-state index is 13.1. The fourth-order valence-electron chi connectivity index (χ4n) is 2.30. The highest BCUT2D eigenvalue weighted by atomic mass is 127. The van der Waals surface area contributed by atoms with E-state index in [0.717, 1.165) is 50.2 Å². The van der Waals surface area contributed by atoms with Gasteiger partial charge in [-0.25, -0.2) is 4.39 Å². The molecule has 0 aliphatic heterocycles. The number of hydrogen-bond donors (Lipinski definition) is 2. The predicted octanol–water partition coefficient (Wildman–Crippen LogP) is 3.27. The number of unbranched alkanes of at least 4 members (excludes halogenated alkanes) is 3. The quantitative estimate of drug-likeness (QED) is 0.183. The largest absolute Gasteiger partial charge is 0.469 e. The second kappa shape index (κ2) is 14.9. The molecule has 0 aromatic heterocycles. The molecule has 0 amide bonds. The number of nitrogens with zero attached hydrogens (tertiary/aromatic N) is 1. The summed E-state index contributed by atoms with van der Waals surface area (Å²) in [6.07, 6.45) is 5.20. The fraction of sp³-hybridized carbons (Fsp3) is 0.556. The van der Waals surface area contributed by atoms with Gasteiger partial charge in [-0.1, -0.05) is 25.0 Å². The molecule has 0 aliphatic carbocycles. The van der Waals surface area contributed by atoms with Crippen LogP contribution in [0.2, 0.25) is 0 Å². The normalized spacial score (nSPS) is 10.8. The van der Waals surface area contributed by atoms with E-state index in [-0.39, 0.29) is 35.8 Å². The van der Waals surface area contributed by atoms with Gasteiger partial charge in [-0.2, -0.15) is 0 Å². The number of benzene rings is 1. The number of hydrogen-bond acceptors (Lipinski definition) is 3. The summed E-state index contributed by atoms with van der Waals surface area (Å²) in [6, 6.07) is 6.63. The Morgan fingerprint density at radius 2 is 1.88 bits per heavy atom. The summed E-state index contributed by atoms with van der Waals surface area (Å²) >= 11 is 0. The standard InChI is InChI=1S/C18H28FN3O2.HI/c1-20-18(21-12-6-4-3-5-10-17(23)24-2)22-13-11-15-8-7-9-16(19)14-15;/h7-9,14H,3-6,10-13H2,1-2H3,(H2,20,21,22);1H. The van der Waals surface area contributed by atoms with E-state index in [1.165, 1.54) is 13.2 Å². The maximum Gasteiger partial charge on any atom is 0.305 e. The summed E-state index contributed by atoms with van der Waals surface area (Å²) in [7, 11) is 3.15. The number of rotatable bonds is 10. The van der Waals surface area contributed by atoms with E-state index < -0.39 is 0 Å². The Balaban J connectivity index is 0.00000576. The second-order valence-electron chi connectivity index (χ2n) is 5.55. The van der Waals surface area contributed by atoms with Crippen molar-refractivity contribution < 1.29 is 13.9 Å². The van der Waals surface area contributed by atoms with Crippen LogP contribution < -0.4 is 10.6 Å². The molecule has 5 nitrogen and oxygen atoms in total. The van der Waals surface area contributed by atoms with Crippen LogP contribution in [0.4, 0.5) is 4.39 Å². The monoisotopic (exact) mass is 465 g/mol.